The summed E-state index contributed by atoms with van der Waals surface area (Å²) < 4.78 is 0. The van der Waals surface area contributed by atoms with Gasteiger partial charge in [0.15, 0.2) is 0 Å². The number of rotatable bonds is 12. The van der Waals surface area contributed by atoms with Crippen LogP contribution in [0.25, 0.3) is 0 Å². The van der Waals surface area contributed by atoms with E-state index in [-0.39, 0.29) is 0 Å². The highest BCUT2D eigenvalue weighted by Gasteiger charge is 2.03. The van der Waals surface area contributed by atoms with Gasteiger partial charge in [0.05, 0.1) is 12.1 Å². The Balaban J connectivity index is 3.06. The minimum absolute atomic E-state index is 0.332. The topological polar surface area (TPSA) is 60.4 Å². The van der Waals surface area contributed by atoms with Crippen LogP contribution in [0.2, 0.25) is 0 Å². The van der Waals surface area contributed by atoms with Crippen LogP contribution in [-0.2, 0) is 4.79 Å². The Morgan fingerprint density at radius 2 is 1.35 bits per heavy atom. The lowest BCUT2D eigenvalue weighted by atomic mass is 10.0. The second kappa shape index (κ2) is 11.9. The first-order chi connectivity index (χ1) is 8.18. The summed E-state index contributed by atoms with van der Waals surface area (Å²) >= 11 is 0. The molecule has 0 amide bonds. The van der Waals surface area contributed by atoms with Gasteiger partial charge in [-0.1, -0.05) is 71.1 Å². The van der Waals surface area contributed by atoms with Crippen LogP contribution in [0.3, 0.4) is 0 Å². The molecule has 3 nitrogen and oxygen atoms in total. The van der Waals surface area contributed by atoms with Gasteiger partial charge in [-0.15, -0.1) is 0 Å². The summed E-state index contributed by atoms with van der Waals surface area (Å²) in [4.78, 5) is 10.2. The van der Waals surface area contributed by atoms with Gasteiger partial charge in [0.2, 0.25) is 0 Å². The van der Waals surface area contributed by atoms with Gasteiger partial charge in [-0.25, -0.2) is 0 Å². The van der Waals surface area contributed by atoms with Crippen molar-refractivity contribution in [1.82, 2.24) is 0 Å². The van der Waals surface area contributed by atoms with Gasteiger partial charge in [-0.05, 0) is 6.42 Å². The third kappa shape index (κ3) is 11.7. The zero-order valence-electron chi connectivity index (χ0n) is 11.1. The van der Waals surface area contributed by atoms with E-state index in [0.717, 1.165) is 19.3 Å². The Kier molecular flexibility index (Phi) is 11.5. The van der Waals surface area contributed by atoms with Crippen LogP contribution in [0.1, 0.15) is 77.6 Å². The van der Waals surface area contributed by atoms with Gasteiger partial charge in [-0.3, -0.25) is 0 Å². The zero-order chi connectivity index (χ0) is 12.9. The van der Waals surface area contributed by atoms with E-state index in [1.807, 2.05) is 0 Å². The summed E-state index contributed by atoms with van der Waals surface area (Å²) in [6.07, 6.45) is 11.2. The van der Waals surface area contributed by atoms with Crippen LogP contribution in [0, 0.1) is 0 Å². The number of unbranched alkanes of at least 4 members (excludes halogenated alkanes) is 9. The predicted molar refractivity (Wildman–Crippen MR) is 67.5 cm³/mol. The van der Waals surface area contributed by atoms with Gasteiger partial charge in [0.1, 0.15) is 0 Å². The summed E-state index contributed by atoms with van der Waals surface area (Å²) in [7, 11) is 0. The van der Waals surface area contributed by atoms with Crippen molar-refractivity contribution >= 4 is 5.97 Å². The molecule has 0 rings (SSSR count). The standard InChI is InChI=1S/C14H28O3/c1-2-3-4-5-6-7-8-9-10-11-12-13(15)14(16)17/h13,15H,2-12H2,1H3,(H,16,17)/p-1/t13-/m0/s1. The normalized spacial score (nSPS) is 12.6. The predicted octanol–water partition coefficient (Wildman–Crippen LogP) is 2.41. The highest BCUT2D eigenvalue weighted by Crippen LogP contribution is 2.11. The van der Waals surface area contributed by atoms with Gasteiger partial charge < -0.3 is 15.0 Å². The second-order valence-electron chi connectivity index (χ2n) is 4.81. The molecule has 0 aliphatic rings. The van der Waals surface area contributed by atoms with E-state index in [0.29, 0.717) is 6.42 Å². The molecule has 0 aliphatic heterocycles. The largest absolute Gasteiger partial charge is 0.547 e. The Labute approximate surface area is 105 Å². The third-order valence-corrected chi connectivity index (χ3v) is 3.10. The Hall–Kier alpha value is -0.570. The van der Waals surface area contributed by atoms with E-state index >= 15 is 0 Å². The molecule has 0 unspecified atom stereocenters. The molecular formula is C14H27O3-. The van der Waals surface area contributed by atoms with Crippen molar-refractivity contribution in [1.29, 1.82) is 0 Å². The molecule has 0 saturated carbocycles. The Morgan fingerprint density at radius 3 is 1.76 bits per heavy atom. The first-order valence-corrected chi connectivity index (χ1v) is 7.07. The fraction of sp³-hybridized carbons (Fsp3) is 0.929. The molecule has 17 heavy (non-hydrogen) atoms. The van der Waals surface area contributed by atoms with Crippen molar-refractivity contribution in [3.05, 3.63) is 0 Å². The third-order valence-electron chi connectivity index (χ3n) is 3.10. The average molecular weight is 243 g/mol. The first kappa shape index (κ1) is 16.4. The molecule has 0 aromatic rings. The van der Waals surface area contributed by atoms with Crippen molar-refractivity contribution in [2.45, 2.75) is 83.7 Å². The lowest BCUT2D eigenvalue weighted by molar-refractivity contribution is -0.315. The fourth-order valence-corrected chi connectivity index (χ4v) is 1.94. The lowest BCUT2D eigenvalue weighted by Crippen LogP contribution is -2.35. The molecule has 0 fully saturated rings. The molecule has 3 heteroatoms. The van der Waals surface area contributed by atoms with Crippen LogP contribution >= 0.6 is 0 Å². The highest BCUT2D eigenvalue weighted by molar-refractivity contribution is 5.69. The number of hydrogen-bond acceptors (Lipinski definition) is 3. The minimum Gasteiger partial charge on any atom is -0.547 e. The van der Waals surface area contributed by atoms with Gasteiger partial charge in [0, 0.05) is 0 Å². The Morgan fingerprint density at radius 1 is 0.941 bits per heavy atom. The lowest BCUT2D eigenvalue weighted by Gasteiger charge is -2.10. The molecular weight excluding hydrogens is 216 g/mol. The quantitative estimate of drug-likeness (QED) is 0.535. The maximum Gasteiger partial charge on any atom is 0.0933 e. The van der Waals surface area contributed by atoms with Crippen LogP contribution in [0.4, 0.5) is 0 Å². The molecule has 0 radical (unpaired) electrons. The molecule has 0 aromatic heterocycles. The smallest absolute Gasteiger partial charge is 0.0933 e. The van der Waals surface area contributed by atoms with Gasteiger partial charge >= 0.3 is 0 Å². The van der Waals surface area contributed by atoms with E-state index in [9.17, 15) is 9.90 Å². The monoisotopic (exact) mass is 243 g/mol. The maximum atomic E-state index is 10.2. The molecule has 0 aromatic carbocycles. The molecule has 0 aliphatic carbocycles. The molecule has 0 saturated heterocycles. The van der Waals surface area contributed by atoms with Crippen LogP contribution in [0.5, 0.6) is 0 Å². The molecule has 1 N–H and O–H groups in total. The minimum atomic E-state index is -1.35. The number of aliphatic hydroxyl groups excluding tert-OH is 1. The van der Waals surface area contributed by atoms with E-state index in [4.69, 9.17) is 5.11 Å². The van der Waals surface area contributed by atoms with E-state index in [2.05, 4.69) is 6.92 Å². The summed E-state index contributed by atoms with van der Waals surface area (Å²) in [6, 6.07) is 0. The summed E-state index contributed by atoms with van der Waals surface area (Å²) in [5, 5.41) is 19.2. The average Bonchev–Trinajstić information content (AvgIpc) is 2.31. The zero-order valence-corrected chi connectivity index (χ0v) is 11.1. The Bertz CT molecular complexity index is 180. The molecule has 0 bridgehead atoms. The summed E-state index contributed by atoms with van der Waals surface area (Å²) in [6.45, 7) is 2.22. The second-order valence-corrected chi connectivity index (χ2v) is 4.81. The van der Waals surface area contributed by atoms with Crippen molar-refractivity contribution in [2.24, 2.45) is 0 Å². The number of carbonyl (C=O) groups is 1. The summed E-state index contributed by atoms with van der Waals surface area (Å²) in [5.41, 5.74) is 0. The molecule has 0 heterocycles. The number of carboxylic acids is 1. The molecule has 102 valence electrons. The van der Waals surface area contributed by atoms with E-state index in [1.54, 1.807) is 0 Å². The number of hydrogen-bond donors (Lipinski definition) is 1. The number of aliphatic hydroxyl groups is 1. The maximum absolute atomic E-state index is 10.2. The van der Waals surface area contributed by atoms with Crippen molar-refractivity contribution < 1.29 is 15.0 Å². The molecule has 1 atom stereocenters. The van der Waals surface area contributed by atoms with Crippen molar-refractivity contribution in [3.63, 3.8) is 0 Å². The van der Waals surface area contributed by atoms with Crippen molar-refractivity contribution in [2.75, 3.05) is 0 Å². The van der Waals surface area contributed by atoms with Gasteiger partial charge in [0.25, 0.3) is 0 Å². The SMILES string of the molecule is CCCCCCCCCCCC[C@H](O)C(=O)[O-]. The first-order valence-electron chi connectivity index (χ1n) is 7.07. The van der Waals surface area contributed by atoms with Crippen molar-refractivity contribution in [3.8, 4) is 0 Å². The van der Waals surface area contributed by atoms with Gasteiger partial charge in [-0.2, -0.15) is 0 Å². The number of carbonyl (C=O) groups excluding carboxylic acids is 1. The van der Waals surface area contributed by atoms with Crippen LogP contribution in [-0.4, -0.2) is 17.2 Å². The van der Waals surface area contributed by atoms with Crippen LogP contribution in [0.15, 0.2) is 0 Å². The summed E-state index contributed by atoms with van der Waals surface area (Å²) in [5.74, 6) is -1.35. The van der Waals surface area contributed by atoms with E-state index in [1.165, 1.54) is 44.9 Å². The van der Waals surface area contributed by atoms with E-state index < -0.39 is 12.1 Å². The fourth-order valence-electron chi connectivity index (χ4n) is 1.94. The molecule has 0 spiro atoms. The van der Waals surface area contributed by atoms with Crippen LogP contribution < -0.4 is 5.11 Å². The number of carboxylic acid groups (broad SMARTS) is 1. The highest BCUT2D eigenvalue weighted by atomic mass is 16.4. The number of aliphatic carboxylic acids is 1.